The Morgan fingerprint density at radius 1 is 1.60 bits per heavy atom. The van der Waals surface area contributed by atoms with Crippen LogP contribution in [0.3, 0.4) is 0 Å². The Labute approximate surface area is 60.0 Å². The molecule has 0 aromatic carbocycles. The van der Waals surface area contributed by atoms with Gasteiger partial charge in [0.05, 0.1) is 25.8 Å². The maximum atomic E-state index is 5.29. The highest BCUT2D eigenvalue weighted by molar-refractivity contribution is 4.78. The minimum Gasteiger partial charge on any atom is -0.300 e. The zero-order valence-electron chi connectivity index (χ0n) is 5.75. The van der Waals surface area contributed by atoms with Gasteiger partial charge in [0.25, 0.3) is 0 Å². The molecule has 2 heterocycles. The van der Waals surface area contributed by atoms with Crippen LogP contribution >= 0.6 is 0 Å². The molecule has 0 spiro atoms. The van der Waals surface area contributed by atoms with Crippen molar-refractivity contribution in [3.8, 4) is 0 Å². The third-order valence-corrected chi connectivity index (χ3v) is 1.72. The van der Waals surface area contributed by atoms with Crippen molar-refractivity contribution in [1.82, 2.24) is 10.5 Å². The maximum absolute atomic E-state index is 5.29. The fourth-order valence-electron chi connectivity index (χ4n) is 1.18. The summed E-state index contributed by atoms with van der Waals surface area (Å²) in [6.07, 6.45) is 1.02. The predicted octanol–water partition coefficient (Wildman–Crippen LogP) is -0.311. The number of nitrogens with one attached hydrogen (secondary N) is 1. The maximum Gasteiger partial charge on any atom is 0.0874 e. The molecule has 1 atom stereocenters. The number of hydrogen-bond acceptors (Lipinski definition) is 4. The van der Waals surface area contributed by atoms with Gasteiger partial charge in [0.1, 0.15) is 0 Å². The Kier molecular flexibility index (Phi) is 1.86. The topological polar surface area (TPSA) is 33.7 Å². The Morgan fingerprint density at radius 2 is 2.60 bits per heavy atom. The molecule has 10 heavy (non-hydrogen) atoms. The van der Waals surface area contributed by atoms with E-state index in [9.17, 15) is 0 Å². The molecule has 2 aliphatic heterocycles. The van der Waals surface area contributed by atoms with Crippen LogP contribution in [0, 0.1) is 6.54 Å². The van der Waals surface area contributed by atoms with Crippen LogP contribution in [0.4, 0.5) is 0 Å². The standard InChI is InChI=1S/C6H11N2O2/c1-2-8(10-3-1)6-4-7-9-5-6/h2,6-7H,1,3-5H2. The summed E-state index contributed by atoms with van der Waals surface area (Å²) < 4.78 is 0. The quantitative estimate of drug-likeness (QED) is 0.546. The van der Waals surface area contributed by atoms with Gasteiger partial charge in [-0.3, -0.25) is 9.68 Å². The molecule has 57 valence electrons. The molecule has 0 amide bonds. The van der Waals surface area contributed by atoms with E-state index < -0.39 is 0 Å². The minimum absolute atomic E-state index is 0.377. The average Bonchev–Trinajstić information content (AvgIpc) is 2.59. The first-order valence-electron chi connectivity index (χ1n) is 3.56. The van der Waals surface area contributed by atoms with Gasteiger partial charge < -0.3 is 0 Å². The van der Waals surface area contributed by atoms with Gasteiger partial charge in [-0.2, -0.15) is 5.06 Å². The first-order chi connectivity index (χ1) is 4.97. The van der Waals surface area contributed by atoms with E-state index >= 15 is 0 Å². The number of rotatable bonds is 1. The van der Waals surface area contributed by atoms with Gasteiger partial charge in [-0.05, 0) is 6.42 Å². The molecule has 0 aromatic rings. The van der Waals surface area contributed by atoms with Crippen molar-refractivity contribution in [2.75, 3.05) is 19.8 Å². The molecule has 1 unspecified atom stereocenters. The first-order valence-corrected chi connectivity index (χ1v) is 3.56. The second kappa shape index (κ2) is 2.84. The van der Waals surface area contributed by atoms with Crippen LogP contribution in [0.15, 0.2) is 0 Å². The molecule has 4 heteroatoms. The molecule has 0 aliphatic carbocycles. The van der Waals surface area contributed by atoms with Crippen molar-refractivity contribution in [3.63, 3.8) is 0 Å². The molecular formula is C6H11N2O2. The normalized spacial score (nSPS) is 35.4. The Bertz CT molecular complexity index is 94.3. The van der Waals surface area contributed by atoms with Gasteiger partial charge in [-0.25, -0.2) is 5.48 Å². The number of hydroxylamine groups is 3. The van der Waals surface area contributed by atoms with Gasteiger partial charge in [0, 0.05) is 6.54 Å². The zero-order valence-corrected chi connectivity index (χ0v) is 5.75. The van der Waals surface area contributed by atoms with Gasteiger partial charge in [0.2, 0.25) is 0 Å². The second-order valence-corrected chi connectivity index (χ2v) is 2.48. The van der Waals surface area contributed by atoms with Crippen molar-refractivity contribution >= 4 is 0 Å². The minimum atomic E-state index is 0.377. The summed E-state index contributed by atoms with van der Waals surface area (Å²) in [7, 11) is 0. The third kappa shape index (κ3) is 1.15. The number of hydrogen-bond donors (Lipinski definition) is 1. The smallest absolute Gasteiger partial charge is 0.0874 e. The van der Waals surface area contributed by atoms with E-state index in [0.29, 0.717) is 6.04 Å². The van der Waals surface area contributed by atoms with Gasteiger partial charge in [-0.1, -0.05) is 0 Å². The molecular weight excluding hydrogens is 132 g/mol. The van der Waals surface area contributed by atoms with E-state index in [4.69, 9.17) is 9.68 Å². The summed E-state index contributed by atoms with van der Waals surface area (Å²) in [5, 5.41) is 1.89. The Morgan fingerprint density at radius 3 is 3.20 bits per heavy atom. The third-order valence-electron chi connectivity index (χ3n) is 1.72. The zero-order chi connectivity index (χ0) is 6.81. The molecule has 1 radical (unpaired) electrons. The molecule has 4 nitrogen and oxygen atoms in total. The Balaban J connectivity index is 1.85. The fraction of sp³-hybridized carbons (Fsp3) is 0.833. The van der Waals surface area contributed by atoms with Crippen LogP contribution in [0.25, 0.3) is 0 Å². The van der Waals surface area contributed by atoms with Crippen molar-refractivity contribution in [1.29, 1.82) is 0 Å². The van der Waals surface area contributed by atoms with E-state index in [1.165, 1.54) is 0 Å². The highest BCUT2D eigenvalue weighted by Gasteiger charge is 2.26. The lowest BCUT2D eigenvalue weighted by molar-refractivity contribution is -0.122. The summed E-state index contributed by atoms with van der Waals surface area (Å²) in [4.78, 5) is 10.3. The van der Waals surface area contributed by atoms with Crippen LogP contribution in [-0.2, 0) is 9.68 Å². The van der Waals surface area contributed by atoms with E-state index in [1.54, 1.807) is 0 Å². The fourth-order valence-corrected chi connectivity index (χ4v) is 1.18. The van der Waals surface area contributed by atoms with Gasteiger partial charge in [0.15, 0.2) is 0 Å². The molecule has 0 aromatic heterocycles. The van der Waals surface area contributed by atoms with Crippen LogP contribution in [0.1, 0.15) is 6.42 Å². The lowest BCUT2D eigenvalue weighted by Gasteiger charge is -2.17. The monoisotopic (exact) mass is 143 g/mol. The van der Waals surface area contributed by atoms with Crippen LogP contribution in [0.5, 0.6) is 0 Å². The predicted molar refractivity (Wildman–Crippen MR) is 34.5 cm³/mol. The van der Waals surface area contributed by atoms with Crippen molar-refractivity contribution < 1.29 is 9.68 Å². The molecule has 0 bridgehead atoms. The van der Waals surface area contributed by atoms with Crippen molar-refractivity contribution in [2.24, 2.45) is 0 Å². The number of nitrogens with zero attached hydrogens (tertiary/aromatic N) is 1. The summed E-state index contributed by atoms with van der Waals surface area (Å²) in [5.74, 6) is 0. The molecule has 0 saturated carbocycles. The van der Waals surface area contributed by atoms with Gasteiger partial charge in [-0.15, -0.1) is 0 Å². The SMILES string of the molecule is [CH]1CCON1C1CNOC1. The summed E-state index contributed by atoms with van der Waals surface area (Å²) in [6, 6.07) is 0.377. The molecule has 2 aliphatic rings. The highest BCUT2D eigenvalue weighted by Crippen LogP contribution is 2.14. The van der Waals surface area contributed by atoms with E-state index in [1.807, 2.05) is 5.06 Å². The first kappa shape index (κ1) is 6.54. The van der Waals surface area contributed by atoms with Crippen molar-refractivity contribution in [3.05, 3.63) is 6.54 Å². The van der Waals surface area contributed by atoms with Crippen molar-refractivity contribution in [2.45, 2.75) is 12.5 Å². The molecule has 2 fully saturated rings. The molecule has 2 saturated heterocycles. The molecule has 1 N–H and O–H groups in total. The lowest BCUT2D eigenvalue weighted by Crippen LogP contribution is -2.33. The van der Waals surface area contributed by atoms with Crippen LogP contribution in [0.2, 0.25) is 0 Å². The Hall–Kier alpha value is -0.160. The van der Waals surface area contributed by atoms with E-state index in [0.717, 1.165) is 26.2 Å². The molecule has 2 rings (SSSR count). The summed E-state index contributed by atoms with van der Waals surface area (Å²) in [5.41, 5.74) is 2.81. The van der Waals surface area contributed by atoms with Crippen LogP contribution in [-0.4, -0.2) is 30.9 Å². The van der Waals surface area contributed by atoms with Gasteiger partial charge >= 0.3 is 0 Å². The van der Waals surface area contributed by atoms with E-state index in [-0.39, 0.29) is 0 Å². The highest BCUT2D eigenvalue weighted by atomic mass is 16.7. The summed E-state index contributed by atoms with van der Waals surface area (Å²) >= 11 is 0. The average molecular weight is 143 g/mol. The largest absolute Gasteiger partial charge is 0.300 e. The van der Waals surface area contributed by atoms with E-state index in [2.05, 4.69) is 12.0 Å². The van der Waals surface area contributed by atoms with Crippen LogP contribution < -0.4 is 5.48 Å². The second-order valence-electron chi connectivity index (χ2n) is 2.48. The summed E-state index contributed by atoms with van der Waals surface area (Å²) in [6.45, 7) is 4.46. The lowest BCUT2D eigenvalue weighted by atomic mass is 10.3.